The van der Waals surface area contributed by atoms with Crippen LogP contribution in [-0.2, 0) is 14.3 Å². The Hall–Kier alpha value is -0.730. The van der Waals surface area contributed by atoms with Crippen LogP contribution in [0.4, 0.5) is 0 Å². The number of ether oxygens (including phenoxy) is 2. The zero-order valence-electron chi connectivity index (χ0n) is 17.3. The van der Waals surface area contributed by atoms with Crippen LogP contribution in [0.1, 0.15) is 84.0 Å². The number of carboxylic acid groups (broad SMARTS) is 1. The predicted molar refractivity (Wildman–Crippen MR) is 106 cm³/mol. The topological polar surface area (TPSA) is 116 Å². The molecule has 5 unspecified atom stereocenters. The Kier molecular flexibility index (Phi) is 13.7. The smallest absolute Gasteiger partial charge is 0.303 e. The molecule has 7 heteroatoms. The lowest BCUT2D eigenvalue weighted by atomic mass is 10.00. The van der Waals surface area contributed by atoms with Crippen molar-refractivity contribution in [2.24, 2.45) is 0 Å². The monoisotopic (exact) mass is 404 g/mol. The lowest BCUT2D eigenvalue weighted by molar-refractivity contribution is -0.137. The maximum absolute atomic E-state index is 10.5. The molecule has 0 radical (unpaired) electrons. The van der Waals surface area contributed by atoms with Crippen LogP contribution in [0.5, 0.6) is 0 Å². The standard InChI is InChI=1S/C21H40O7/c1-2-3-7-11-18-20(27-15-16(23)14-22)13-19(28-18)17(24)10-8-5-4-6-9-12-21(25)26/h16-20,22-24H,2-15H2,1H3,(H,25,26). The zero-order chi connectivity index (χ0) is 20.8. The van der Waals surface area contributed by atoms with Crippen molar-refractivity contribution in [2.75, 3.05) is 13.2 Å². The number of carboxylic acids is 1. The molecule has 0 bridgehead atoms. The average Bonchev–Trinajstić information content (AvgIpc) is 3.08. The van der Waals surface area contributed by atoms with E-state index in [9.17, 15) is 15.0 Å². The first-order chi connectivity index (χ1) is 13.5. The number of hydrogen-bond donors (Lipinski definition) is 4. The molecule has 0 aliphatic carbocycles. The minimum absolute atomic E-state index is 0.0758. The van der Waals surface area contributed by atoms with Gasteiger partial charge in [-0.3, -0.25) is 4.79 Å². The van der Waals surface area contributed by atoms with E-state index in [1.165, 1.54) is 0 Å². The minimum Gasteiger partial charge on any atom is -0.481 e. The molecule has 1 saturated heterocycles. The molecule has 1 rings (SSSR count). The van der Waals surface area contributed by atoms with Crippen molar-refractivity contribution < 1.29 is 34.7 Å². The number of aliphatic carboxylic acids is 1. The summed E-state index contributed by atoms with van der Waals surface area (Å²) in [6.07, 6.45) is 8.22. The number of rotatable bonds is 17. The molecule has 1 aliphatic rings. The Morgan fingerprint density at radius 2 is 1.82 bits per heavy atom. The molecule has 1 aliphatic heterocycles. The summed E-state index contributed by atoms with van der Waals surface area (Å²) in [6, 6.07) is 0. The highest BCUT2D eigenvalue weighted by molar-refractivity contribution is 5.66. The van der Waals surface area contributed by atoms with Crippen LogP contribution in [0.15, 0.2) is 0 Å². The molecule has 166 valence electrons. The first-order valence-corrected chi connectivity index (χ1v) is 10.9. The van der Waals surface area contributed by atoms with E-state index in [1.54, 1.807) is 0 Å². The van der Waals surface area contributed by atoms with E-state index in [4.69, 9.17) is 19.7 Å². The number of aliphatic hydroxyl groups excluding tert-OH is 3. The molecule has 1 heterocycles. The minimum atomic E-state index is -0.888. The van der Waals surface area contributed by atoms with Crippen LogP contribution in [0.2, 0.25) is 0 Å². The van der Waals surface area contributed by atoms with Crippen molar-refractivity contribution in [2.45, 2.75) is 114 Å². The third kappa shape index (κ3) is 10.7. The van der Waals surface area contributed by atoms with E-state index >= 15 is 0 Å². The van der Waals surface area contributed by atoms with Crippen LogP contribution in [0, 0.1) is 0 Å². The van der Waals surface area contributed by atoms with Crippen LogP contribution in [-0.4, -0.2) is 70.1 Å². The largest absolute Gasteiger partial charge is 0.481 e. The van der Waals surface area contributed by atoms with Gasteiger partial charge in [-0.2, -0.15) is 0 Å². The number of carbonyl (C=O) groups is 1. The molecular formula is C21H40O7. The molecule has 0 aromatic carbocycles. The fourth-order valence-electron chi connectivity index (χ4n) is 3.65. The maximum Gasteiger partial charge on any atom is 0.303 e. The first kappa shape index (κ1) is 25.3. The summed E-state index contributed by atoms with van der Waals surface area (Å²) >= 11 is 0. The average molecular weight is 405 g/mol. The van der Waals surface area contributed by atoms with E-state index in [0.717, 1.165) is 51.4 Å². The van der Waals surface area contributed by atoms with Gasteiger partial charge >= 0.3 is 5.97 Å². The van der Waals surface area contributed by atoms with Gasteiger partial charge in [0.1, 0.15) is 6.10 Å². The first-order valence-electron chi connectivity index (χ1n) is 10.9. The molecule has 0 aromatic heterocycles. The molecule has 7 nitrogen and oxygen atoms in total. The lowest BCUT2D eigenvalue weighted by Gasteiger charge is -2.20. The van der Waals surface area contributed by atoms with Gasteiger partial charge in [-0.15, -0.1) is 0 Å². The predicted octanol–water partition coefficient (Wildman–Crippen LogP) is 2.64. The van der Waals surface area contributed by atoms with Crippen LogP contribution >= 0.6 is 0 Å². The Bertz CT molecular complexity index is 404. The third-order valence-electron chi connectivity index (χ3n) is 5.35. The highest BCUT2D eigenvalue weighted by Gasteiger charge is 2.38. The van der Waals surface area contributed by atoms with Crippen molar-refractivity contribution >= 4 is 5.97 Å². The van der Waals surface area contributed by atoms with Crippen molar-refractivity contribution in [3.05, 3.63) is 0 Å². The number of unbranched alkanes of at least 4 members (excludes halogenated alkanes) is 6. The quantitative estimate of drug-likeness (QED) is 0.275. The van der Waals surface area contributed by atoms with Gasteiger partial charge < -0.3 is 29.9 Å². The van der Waals surface area contributed by atoms with E-state index in [2.05, 4.69) is 6.92 Å². The summed E-state index contributed by atoms with van der Waals surface area (Å²) in [4.78, 5) is 10.5. The van der Waals surface area contributed by atoms with Gasteiger partial charge in [0.25, 0.3) is 0 Å². The van der Waals surface area contributed by atoms with Gasteiger partial charge in [0.15, 0.2) is 0 Å². The number of hydrogen-bond acceptors (Lipinski definition) is 6. The zero-order valence-corrected chi connectivity index (χ0v) is 17.3. The highest BCUT2D eigenvalue weighted by Crippen LogP contribution is 2.30. The lowest BCUT2D eigenvalue weighted by Crippen LogP contribution is -2.29. The van der Waals surface area contributed by atoms with E-state index < -0.39 is 18.2 Å². The second-order valence-corrected chi connectivity index (χ2v) is 7.92. The SMILES string of the molecule is CCCCCC1OC(C(O)CCCCCCCC(=O)O)CC1OCC(O)CO. The summed E-state index contributed by atoms with van der Waals surface area (Å²) in [5.74, 6) is -0.745. The molecule has 0 saturated carbocycles. The fraction of sp³-hybridized carbons (Fsp3) is 0.952. The molecular weight excluding hydrogens is 364 g/mol. The van der Waals surface area contributed by atoms with Crippen LogP contribution in [0.3, 0.4) is 0 Å². The van der Waals surface area contributed by atoms with Crippen molar-refractivity contribution in [3.63, 3.8) is 0 Å². The summed E-state index contributed by atoms with van der Waals surface area (Å²) in [6.45, 7) is 1.90. The van der Waals surface area contributed by atoms with E-state index in [0.29, 0.717) is 19.3 Å². The summed E-state index contributed by atoms with van der Waals surface area (Å²) < 4.78 is 11.9. The maximum atomic E-state index is 10.5. The summed E-state index contributed by atoms with van der Waals surface area (Å²) in [7, 11) is 0. The normalized spacial score (nSPS) is 24.4. The van der Waals surface area contributed by atoms with Crippen LogP contribution in [0.25, 0.3) is 0 Å². The van der Waals surface area contributed by atoms with Gasteiger partial charge in [-0.25, -0.2) is 0 Å². The second kappa shape index (κ2) is 15.2. The molecule has 28 heavy (non-hydrogen) atoms. The van der Waals surface area contributed by atoms with Gasteiger partial charge in [0.05, 0.1) is 37.6 Å². The molecule has 4 N–H and O–H groups in total. The molecule has 0 aromatic rings. The van der Waals surface area contributed by atoms with Crippen molar-refractivity contribution in [1.82, 2.24) is 0 Å². The van der Waals surface area contributed by atoms with Crippen LogP contribution < -0.4 is 0 Å². The Balaban J connectivity index is 2.32. The second-order valence-electron chi connectivity index (χ2n) is 7.92. The summed E-state index contributed by atoms with van der Waals surface area (Å²) in [5.41, 5.74) is 0. The van der Waals surface area contributed by atoms with E-state index in [-0.39, 0.29) is 37.9 Å². The molecule has 0 amide bonds. The fourth-order valence-corrected chi connectivity index (χ4v) is 3.65. The van der Waals surface area contributed by atoms with Gasteiger partial charge in [0, 0.05) is 12.8 Å². The third-order valence-corrected chi connectivity index (χ3v) is 5.35. The number of aliphatic hydroxyl groups is 3. The Morgan fingerprint density at radius 3 is 2.50 bits per heavy atom. The van der Waals surface area contributed by atoms with Crippen molar-refractivity contribution in [3.8, 4) is 0 Å². The Morgan fingerprint density at radius 1 is 1.11 bits per heavy atom. The summed E-state index contributed by atoms with van der Waals surface area (Å²) in [5, 5.41) is 37.6. The molecule has 5 atom stereocenters. The van der Waals surface area contributed by atoms with Gasteiger partial charge in [-0.05, 0) is 19.3 Å². The van der Waals surface area contributed by atoms with Gasteiger partial charge in [-0.1, -0.05) is 51.9 Å². The van der Waals surface area contributed by atoms with Crippen molar-refractivity contribution in [1.29, 1.82) is 0 Å². The molecule has 0 spiro atoms. The molecule has 1 fully saturated rings. The van der Waals surface area contributed by atoms with Gasteiger partial charge in [0.2, 0.25) is 0 Å². The highest BCUT2D eigenvalue weighted by atomic mass is 16.6. The van der Waals surface area contributed by atoms with E-state index in [1.807, 2.05) is 0 Å². The Labute approximate surface area is 169 Å².